The van der Waals surface area contributed by atoms with Gasteiger partial charge in [-0.3, -0.25) is 0 Å². The normalized spacial score (nSPS) is 13.7. The van der Waals surface area contributed by atoms with Crippen molar-refractivity contribution in [3.05, 3.63) is 296 Å². The minimum atomic E-state index is 0.0830. The summed E-state index contributed by atoms with van der Waals surface area (Å²) in [5.74, 6) is 0. The minimum Gasteiger partial charge on any atom is -0.364 e. The molecular weight excluding hydrogens is 909 g/mol. The highest BCUT2D eigenvalue weighted by Gasteiger charge is 2.25. The van der Waals surface area contributed by atoms with Gasteiger partial charge in [-0.05, 0) is 129 Å². The molecule has 1 aliphatic rings. The Morgan fingerprint density at radius 3 is 1.29 bits per heavy atom. The molecule has 13 aromatic rings. The van der Waals surface area contributed by atoms with E-state index >= 15 is 0 Å². The zero-order valence-corrected chi connectivity index (χ0v) is 41.4. The lowest BCUT2D eigenvalue weighted by Gasteiger charge is -2.35. The Morgan fingerprint density at radius 2 is 0.747 bits per heavy atom. The molecule has 0 aliphatic carbocycles. The first-order valence-corrected chi connectivity index (χ1v) is 25.8. The van der Waals surface area contributed by atoms with Gasteiger partial charge in [-0.1, -0.05) is 194 Å². The van der Waals surface area contributed by atoms with Crippen molar-refractivity contribution in [3.8, 4) is 56.1 Å². The number of nitrogens with zero attached hydrogens (tertiary/aromatic N) is 4. The van der Waals surface area contributed by atoms with Gasteiger partial charge < -0.3 is 14.0 Å². The molecule has 0 saturated carbocycles. The average molecular weight is 959 g/mol. The monoisotopic (exact) mass is 958 g/mol. The molecule has 4 heterocycles. The van der Waals surface area contributed by atoms with Crippen molar-refractivity contribution in [1.29, 1.82) is 0 Å². The number of allylic oxidation sites excluding steroid dienone is 2. The largest absolute Gasteiger partial charge is 0.364 e. The standard InChI is InChI=1S/C71H50N4/c1-73-70(50-24-10-4-11-25-50)46-57(47-71(73)51-26-12-5-13-27-51)53-29-19-31-59(41-53)75-67-35-17-15-33-61(67)63-43-55(37-39-69(63)75)54-36-38-68-62(42-54)60-32-14-16-34-66(60)74(68)58-30-18-28-52(40-58)56-44-64(48-20-6-2-7-21-48)72-65(45-56)49-22-8-3-9-23-49/h2-47,70H,1H3. The van der Waals surface area contributed by atoms with Gasteiger partial charge in [0.1, 0.15) is 0 Å². The molecule has 0 saturated heterocycles. The highest BCUT2D eigenvalue weighted by Crippen LogP contribution is 2.42. The Morgan fingerprint density at radius 1 is 0.320 bits per heavy atom. The number of hydrogen-bond donors (Lipinski definition) is 0. The van der Waals surface area contributed by atoms with Gasteiger partial charge in [-0.25, -0.2) is 4.98 Å². The maximum absolute atomic E-state index is 5.16. The van der Waals surface area contributed by atoms with Crippen molar-refractivity contribution in [2.45, 2.75) is 6.04 Å². The summed E-state index contributed by atoms with van der Waals surface area (Å²) >= 11 is 0. The summed E-state index contributed by atoms with van der Waals surface area (Å²) in [5.41, 5.74) is 21.7. The lowest BCUT2D eigenvalue weighted by Crippen LogP contribution is -2.24. The van der Waals surface area contributed by atoms with Crippen LogP contribution in [0, 0.1) is 0 Å². The first-order chi connectivity index (χ1) is 37.1. The van der Waals surface area contributed by atoms with Gasteiger partial charge in [0.25, 0.3) is 0 Å². The third-order valence-corrected chi connectivity index (χ3v) is 15.2. The van der Waals surface area contributed by atoms with Gasteiger partial charge in [-0.15, -0.1) is 0 Å². The van der Waals surface area contributed by atoms with Gasteiger partial charge in [0, 0.05) is 56.8 Å². The van der Waals surface area contributed by atoms with Gasteiger partial charge >= 0.3 is 0 Å². The number of benzene rings is 10. The Balaban J connectivity index is 0.851. The Bertz CT molecular complexity index is 4300. The summed E-state index contributed by atoms with van der Waals surface area (Å²) in [6, 6.07) is 96.7. The van der Waals surface area contributed by atoms with E-state index in [1.807, 2.05) is 0 Å². The number of fused-ring (bicyclic) bond motifs is 6. The summed E-state index contributed by atoms with van der Waals surface area (Å²) < 4.78 is 4.85. The predicted molar refractivity (Wildman–Crippen MR) is 314 cm³/mol. The van der Waals surface area contributed by atoms with E-state index in [0.717, 1.165) is 45.0 Å². The maximum Gasteiger partial charge on any atom is 0.0732 e. The van der Waals surface area contributed by atoms with E-state index in [4.69, 9.17) is 4.98 Å². The van der Waals surface area contributed by atoms with Gasteiger partial charge in [0.05, 0.1) is 39.5 Å². The SMILES string of the molecule is CN1C(c2ccccc2)=CC(c2cccc(-n3c4ccccc4c4cc(-c5ccc6c(c5)c5ccccc5n6-c5cccc(-c6cc(-c7ccccc7)nc(-c7ccccc7)c6)c5)ccc43)c2)=CC1c1ccccc1. The highest BCUT2D eigenvalue weighted by molar-refractivity contribution is 6.13. The maximum atomic E-state index is 5.16. The molecule has 0 radical (unpaired) electrons. The minimum absolute atomic E-state index is 0.0830. The lowest BCUT2D eigenvalue weighted by molar-refractivity contribution is 0.413. The topological polar surface area (TPSA) is 26.0 Å². The van der Waals surface area contributed by atoms with Crippen molar-refractivity contribution in [2.75, 3.05) is 7.05 Å². The molecule has 1 atom stereocenters. The van der Waals surface area contributed by atoms with Gasteiger partial charge in [0.2, 0.25) is 0 Å². The van der Waals surface area contributed by atoms with Crippen LogP contribution in [-0.2, 0) is 0 Å². The number of likely N-dealkylation sites (N-methyl/N-ethyl adjacent to an activating group) is 1. The molecule has 0 N–H and O–H groups in total. The van der Waals surface area contributed by atoms with E-state index in [9.17, 15) is 0 Å². The molecule has 0 bridgehead atoms. The lowest BCUT2D eigenvalue weighted by atomic mass is 9.92. The van der Waals surface area contributed by atoms with E-state index in [1.165, 1.54) is 82.7 Å². The molecule has 75 heavy (non-hydrogen) atoms. The molecule has 0 amide bonds. The molecule has 10 aromatic carbocycles. The quantitative estimate of drug-likeness (QED) is 0.144. The molecule has 4 heteroatoms. The fourth-order valence-corrected chi connectivity index (χ4v) is 11.5. The van der Waals surface area contributed by atoms with E-state index in [1.54, 1.807) is 0 Å². The molecule has 4 nitrogen and oxygen atoms in total. The molecule has 1 unspecified atom stereocenters. The van der Waals surface area contributed by atoms with Crippen molar-refractivity contribution >= 4 is 54.9 Å². The molecule has 0 fully saturated rings. The van der Waals surface area contributed by atoms with Crippen LogP contribution in [0.15, 0.2) is 279 Å². The summed E-state index contributed by atoms with van der Waals surface area (Å²) in [4.78, 5) is 7.56. The first kappa shape index (κ1) is 44.0. The van der Waals surface area contributed by atoms with Crippen LogP contribution in [0.5, 0.6) is 0 Å². The second-order valence-electron chi connectivity index (χ2n) is 19.6. The molecule has 0 spiro atoms. The summed E-state index contributed by atoms with van der Waals surface area (Å²) in [6.07, 6.45) is 4.76. The van der Waals surface area contributed by atoms with Crippen LogP contribution >= 0.6 is 0 Å². The predicted octanol–water partition coefficient (Wildman–Crippen LogP) is 18.1. The Labute approximate surface area is 436 Å². The summed E-state index contributed by atoms with van der Waals surface area (Å²) in [5, 5.41) is 4.90. The molecule has 3 aromatic heterocycles. The number of aromatic nitrogens is 3. The van der Waals surface area contributed by atoms with E-state index in [-0.39, 0.29) is 6.04 Å². The fourth-order valence-electron chi connectivity index (χ4n) is 11.5. The molecule has 354 valence electrons. The van der Waals surface area contributed by atoms with Crippen LogP contribution in [-0.4, -0.2) is 26.1 Å². The first-order valence-electron chi connectivity index (χ1n) is 25.8. The van der Waals surface area contributed by atoms with Crippen molar-refractivity contribution < 1.29 is 0 Å². The van der Waals surface area contributed by atoms with E-state index in [2.05, 4.69) is 300 Å². The molecular formula is C71H50N4. The van der Waals surface area contributed by atoms with E-state index in [0.29, 0.717) is 0 Å². The third kappa shape index (κ3) is 7.83. The second-order valence-corrected chi connectivity index (χ2v) is 19.6. The number of hydrogen-bond acceptors (Lipinski definition) is 2. The second kappa shape index (κ2) is 18.4. The van der Waals surface area contributed by atoms with Crippen molar-refractivity contribution in [2.24, 2.45) is 0 Å². The molecule has 14 rings (SSSR count). The summed E-state index contributed by atoms with van der Waals surface area (Å²) in [6.45, 7) is 0. The third-order valence-electron chi connectivity index (χ3n) is 15.2. The molecule has 1 aliphatic heterocycles. The zero-order chi connectivity index (χ0) is 49.8. The Hall–Kier alpha value is -9.77. The van der Waals surface area contributed by atoms with Gasteiger partial charge in [0.15, 0.2) is 0 Å². The zero-order valence-electron chi connectivity index (χ0n) is 41.4. The van der Waals surface area contributed by atoms with Crippen LogP contribution in [0.3, 0.4) is 0 Å². The van der Waals surface area contributed by atoms with Gasteiger partial charge in [-0.2, -0.15) is 0 Å². The van der Waals surface area contributed by atoms with Crippen LogP contribution in [0.25, 0.3) is 111 Å². The van der Waals surface area contributed by atoms with Crippen LogP contribution in [0.1, 0.15) is 22.7 Å². The average Bonchev–Trinajstić information content (AvgIpc) is 4.04. The number of pyridine rings is 1. The van der Waals surface area contributed by atoms with E-state index < -0.39 is 0 Å². The van der Waals surface area contributed by atoms with Crippen LogP contribution in [0.4, 0.5) is 0 Å². The Kier molecular flexibility index (Phi) is 10.8. The van der Waals surface area contributed by atoms with Crippen molar-refractivity contribution in [1.82, 2.24) is 19.0 Å². The number of para-hydroxylation sites is 2. The van der Waals surface area contributed by atoms with Crippen LogP contribution in [0.2, 0.25) is 0 Å². The van der Waals surface area contributed by atoms with Crippen LogP contribution < -0.4 is 0 Å². The number of rotatable bonds is 9. The van der Waals surface area contributed by atoms with Crippen molar-refractivity contribution in [3.63, 3.8) is 0 Å². The highest BCUT2D eigenvalue weighted by atomic mass is 15.1. The smallest absolute Gasteiger partial charge is 0.0732 e. The fraction of sp³-hybridized carbons (Fsp3) is 0.0282. The summed E-state index contributed by atoms with van der Waals surface area (Å²) in [7, 11) is 2.20.